The summed E-state index contributed by atoms with van der Waals surface area (Å²) < 4.78 is 7.36. The van der Waals surface area contributed by atoms with Gasteiger partial charge in [0, 0.05) is 36.8 Å². The number of aliphatic hydroxyl groups excluding tert-OH is 1. The molecule has 1 aliphatic rings. The molecule has 1 unspecified atom stereocenters. The number of carbonyl (C=O) groups is 1. The highest BCUT2D eigenvalue weighted by Gasteiger charge is 2.21. The van der Waals surface area contributed by atoms with Gasteiger partial charge in [0.2, 0.25) is 0 Å². The quantitative estimate of drug-likeness (QED) is 0.783. The largest absolute Gasteiger partial charge is 0.389 e. The first-order valence-corrected chi connectivity index (χ1v) is 8.00. The molecular formula is C18H22N2O3. The highest BCUT2D eigenvalue weighted by molar-refractivity contribution is 5.94. The van der Waals surface area contributed by atoms with Crippen molar-refractivity contribution in [2.75, 3.05) is 19.8 Å². The molecule has 1 aliphatic carbocycles. The zero-order valence-electron chi connectivity index (χ0n) is 13.0. The minimum Gasteiger partial charge on any atom is -0.389 e. The molecule has 0 aliphatic heterocycles. The Morgan fingerprint density at radius 1 is 1.30 bits per heavy atom. The summed E-state index contributed by atoms with van der Waals surface area (Å²) in [5, 5.41) is 12.6. The van der Waals surface area contributed by atoms with E-state index in [1.807, 2.05) is 47.3 Å². The average molecular weight is 314 g/mol. The SMILES string of the molecule is O=C(NCC(O)COCC1CC1)c1cccc(-n2cccc2)c1. The highest BCUT2D eigenvalue weighted by Crippen LogP contribution is 2.28. The van der Waals surface area contributed by atoms with E-state index < -0.39 is 6.10 Å². The van der Waals surface area contributed by atoms with E-state index in [2.05, 4.69) is 5.32 Å². The number of aliphatic hydroxyl groups is 1. The molecule has 0 radical (unpaired) electrons. The van der Waals surface area contributed by atoms with Gasteiger partial charge in [-0.15, -0.1) is 0 Å². The normalized spacial score (nSPS) is 15.3. The molecule has 5 nitrogen and oxygen atoms in total. The Morgan fingerprint density at radius 2 is 2.09 bits per heavy atom. The van der Waals surface area contributed by atoms with E-state index >= 15 is 0 Å². The summed E-state index contributed by atoms with van der Waals surface area (Å²) in [4.78, 5) is 12.2. The molecule has 1 saturated carbocycles. The molecule has 1 atom stereocenters. The number of benzene rings is 1. The topological polar surface area (TPSA) is 63.5 Å². The molecule has 0 saturated heterocycles. The third-order valence-corrected chi connectivity index (χ3v) is 3.87. The van der Waals surface area contributed by atoms with Crippen molar-refractivity contribution in [3.05, 3.63) is 54.4 Å². The van der Waals surface area contributed by atoms with Crippen LogP contribution >= 0.6 is 0 Å². The second-order valence-corrected chi connectivity index (χ2v) is 5.99. The van der Waals surface area contributed by atoms with E-state index in [-0.39, 0.29) is 19.1 Å². The van der Waals surface area contributed by atoms with Crippen molar-refractivity contribution in [3.8, 4) is 5.69 Å². The van der Waals surface area contributed by atoms with E-state index in [4.69, 9.17) is 4.74 Å². The maximum Gasteiger partial charge on any atom is 0.251 e. The zero-order valence-corrected chi connectivity index (χ0v) is 13.0. The van der Waals surface area contributed by atoms with Crippen molar-refractivity contribution in [3.63, 3.8) is 0 Å². The van der Waals surface area contributed by atoms with Gasteiger partial charge >= 0.3 is 0 Å². The molecule has 1 aromatic carbocycles. The van der Waals surface area contributed by atoms with E-state index in [1.165, 1.54) is 12.8 Å². The number of rotatable bonds is 8. The summed E-state index contributed by atoms with van der Waals surface area (Å²) in [7, 11) is 0. The Morgan fingerprint density at radius 3 is 2.83 bits per heavy atom. The lowest BCUT2D eigenvalue weighted by Gasteiger charge is -2.13. The first-order valence-electron chi connectivity index (χ1n) is 8.00. The summed E-state index contributed by atoms with van der Waals surface area (Å²) in [5.41, 5.74) is 1.50. The lowest BCUT2D eigenvalue weighted by Crippen LogP contribution is -2.34. The van der Waals surface area contributed by atoms with Crippen LogP contribution in [0.5, 0.6) is 0 Å². The van der Waals surface area contributed by atoms with Gasteiger partial charge < -0.3 is 19.7 Å². The number of hydrogen-bond acceptors (Lipinski definition) is 3. The van der Waals surface area contributed by atoms with Crippen molar-refractivity contribution >= 4 is 5.91 Å². The molecule has 1 heterocycles. The van der Waals surface area contributed by atoms with Crippen LogP contribution in [0, 0.1) is 5.92 Å². The van der Waals surface area contributed by atoms with Crippen LogP contribution in [-0.2, 0) is 4.74 Å². The minimum absolute atomic E-state index is 0.192. The summed E-state index contributed by atoms with van der Waals surface area (Å²) in [6, 6.07) is 11.2. The van der Waals surface area contributed by atoms with E-state index in [0.717, 1.165) is 5.69 Å². The van der Waals surface area contributed by atoms with Gasteiger partial charge in [-0.25, -0.2) is 0 Å². The fourth-order valence-corrected chi connectivity index (χ4v) is 2.34. The van der Waals surface area contributed by atoms with Gasteiger partial charge in [0.25, 0.3) is 5.91 Å². The summed E-state index contributed by atoms with van der Waals surface area (Å²) in [5.74, 6) is 0.480. The van der Waals surface area contributed by atoms with Crippen LogP contribution in [0.4, 0.5) is 0 Å². The lowest BCUT2D eigenvalue weighted by atomic mass is 10.2. The molecule has 0 bridgehead atoms. The van der Waals surface area contributed by atoms with Crippen molar-refractivity contribution in [2.24, 2.45) is 5.92 Å². The maximum absolute atomic E-state index is 12.2. The summed E-state index contributed by atoms with van der Waals surface area (Å²) >= 11 is 0. The van der Waals surface area contributed by atoms with E-state index in [0.29, 0.717) is 18.1 Å². The molecule has 0 spiro atoms. The molecule has 122 valence electrons. The Hall–Kier alpha value is -2.11. The summed E-state index contributed by atoms with van der Waals surface area (Å²) in [6.45, 7) is 1.17. The van der Waals surface area contributed by atoms with Crippen LogP contribution in [0.1, 0.15) is 23.2 Å². The van der Waals surface area contributed by atoms with Crippen LogP contribution in [0.25, 0.3) is 5.69 Å². The predicted molar refractivity (Wildman–Crippen MR) is 87.7 cm³/mol. The van der Waals surface area contributed by atoms with Crippen LogP contribution < -0.4 is 5.32 Å². The number of ether oxygens (including phenoxy) is 1. The molecule has 3 rings (SSSR count). The van der Waals surface area contributed by atoms with Gasteiger partial charge in [-0.05, 0) is 49.1 Å². The first-order chi connectivity index (χ1) is 11.2. The molecule has 1 aromatic heterocycles. The number of carbonyl (C=O) groups excluding carboxylic acids is 1. The van der Waals surface area contributed by atoms with Crippen LogP contribution in [-0.4, -0.2) is 41.4 Å². The minimum atomic E-state index is -0.676. The standard InChI is InChI=1S/C18H22N2O3/c21-17(13-23-12-14-6-7-14)11-19-18(22)15-4-3-5-16(10-15)20-8-1-2-9-20/h1-5,8-10,14,17,21H,6-7,11-13H2,(H,19,22). The fraction of sp³-hybridized carbons (Fsp3) is 0.389. The number of nitrogens with zero attached hydrogens (tertiary/aromatic N) is 1. The average Bonchev–Trinajstić information content (AvgIpc) is 3.23. The van der Waals surface area contributed by atoms with Gasteiger partial charge in [0.1, 0.15) is 0 Å². The van der Waals surface area contributed by atoms with Gasteiger partial charge in [-0.2, -0.15) is 0 Å². The molecular weight excluding hydrogens is 292 g/mol. The molecule has 2 N–H and O–H groups in total. The van der Waals surface area contributed by atoms with Crippen LogP contribution in [0.2, 0.25) is 0 Å². The molecule has 1 fully saturated rings. The fourth-order valence-electron chi connectivity index (χ4n) is 2.34. The van der Waals surface area contributed by atoms with Gasteiger partial charge in [-0.1, -0.05) is 6.07 Å². The van der Waals surface area contributed by atoms with Crippen molar-refractivity contribution < 1.29 is 14.6 Å². The number of amides is 1. The van der Waals surface area contributed by atoms with Gasteiger partial charge in [-0.3, -0.25) is 4.79 Å². The predicted octanol–water partition coefficient (Wildman–Crippen LogP) is 1.99. The van der Waals surface area contributed by atoms with Crippen LogP contribution in [0.15, 0.2) is 48.8 Å². The molecule has 5 heteroatoms. The number of hydrogen-bond donors (Lipinski definition) is 2. The molecule has 2 aromatic rings. The Bertz CT molecular complexity index is 635. The highest BCUT2D eigenvalue weighted by atomic mass is 16.5. The third-order valence-electron chi connectivity index (χ3n) is 3.87. The van der Waals surface area contributed by atoms with Crippen molar-refractivity contribution in [1.82, 2.24) is 9.88 Å². The second-order valence-electron chi connectivity index (χ2n) is 5.99. The van der Waals surface area contributed by atoms with Gasteiger partial charge in [0.15, 0.2) is 0 Å². The van der Waals surface area contributed by atoms with E-state index in [1.54, 1.807) is 6.07 Å². The Kier molecular flexibility index (Phi) is 5.10. The maximum atomic E-state index is 12.2. The Labute approximate surface area is 135 Å². The summed E-state index contributed by atoms with van der Waals surface area (Å²) in [6.07, 6.45) is 5.63. The number of aromatic nitrogens is 1. The smallest absolute Gasteiger partial charge is 0.251 e. The third kappa shape index (κ3) is 4.68. The first kappa shape index (κ1) is 15.8. The number of nitrogens with one attached hydrogen (secondary N) is 1. The van der Waals surface area contributed by atoms with E-state index in [9.17, 15) is 9.90 Å². The second kappa shape index (κ2) is 7.44. The van der Waals surface area contributed by atoms with Crippen molar-refractivity contribution in [1.29, 1.82) is 0 Å². The zero-order chi connectivity index (χ0) is 16.1. The molecule has 1 amide bonds. The van der Waals surface area contributed by atoms with Crippen molar-refractivity contribution in [2.45, 2.75) is 18.9 Å². The molecule has 23 heavy (non-hydrogen) atoms. The van der Waals surface area contributed by atoms with Gasteiger partial charge in [0.05, 0.1) is 12.7 Å². The Balaban J connectivity index is 1.48. The lowest BCUT2D eigenvalue weighted by molar-refractivity contribution is 0.0320. The monoisotopic (exact) mass is 314 g/mol. The van der Waals surface area contributed by atoms with Crippen LogP contribution in [0.3, 0.4) is 0 Å².